The molecule has 5 heteroatoms. The van der Waals surface area contributed by atoms with Crippen LogP contribution in [0.2, 0.25) is 0 Å². The zero-order valence-electron chi connectivity index (χ0n) is 12.3. The van der Waals surface area contributed by atoms with E-state index in [2.05, 4.69) is 76.3 Å². The zero-order valence-corrected chi connectivity index (χ0v) is 12.3. The first-order valence-corrected chi connectivity index (χ1v) is 7.47. The molecule has 5 nitrogen and oxygen atoms in total. The molecule has 2 aromatic carbocycles. The fourth-order valence-electron chi connectivity index (χ4n) is 3.01. The summed E-state index contributed by atoms with van der Waals surface area (Å²) >= 11 is 0. The van der Waals surface area contributed by atoms with Crippen molar-refractivity contribution in [1.29, 1.82) is 0 Å². The molecule has 0 saturated heterocycles. The first-order chi connectivity index (χ1) is 10.8. The number of tetrazole rings is 1. The highest BCUT2D eigenvalue weighted by Gasteiger charge is 2.30. The number of nitrogens with zero attached hydrogens (tertiary/aromatic N) is 4. The van der Waals surface area contributed by atoms with Crippen LogP contribution in [0.5, 0.6) is 0 Å². The van der Waals surface area contributed by atoms with E-state index in [0.29, 0.717) is 0 Å². The minimum atomic E-state index is 0.150. The number of anilines is 1. The van der Waals surface area contributed by atoms with Gasteiger partial charge in [0, 0.05) is 0 Å². The molecule has 0 saturated carbocycles. The molecule has 1 aromatic heterocycles. The minimum absolute atomic E-state index is 0.150. The summed E-state index contributed by atoms with van der Waals surface area (Å²) in [6.07, 6.45) is 0.922. The van der Waals surface area contributed by atoms with Gasteiger partial charge in [-0.15, -0.1) is 0 Å². The Kier molecular flexibility index (Phi) is 3.11. The van der Waals surface area contributed by atoms with Crippen LogP contribution in [-0.4, -0.2) is 20.2 Å². The topological polar surface area (TPSA) is 55.6 Å². The van der Waals surface area contributed by atoms with Crippen molar-refractivity contribution in [3.63, 3.8) is 0 Å². The van der Waals surface area contributed by atoms with Crippen molar-refractivity contribution < 1.29 is 0 Å². The number of nitrogens with one attached hydrogen (secondary N) is 1. The Hall–Kier alpha value is -2.69. The van der Waals surface area contributed by atoms with E-state index in [1.54, 1.807) is 0 Å². The molecule has 0 amide bonds. The predicted molar refractivity (Wildman–Crippen MR) is 84.6 cm³/mol. The lowest BCUT2D eigenvalue weighted by molar-refractivity contribution is 0.424. The molecule has 1 aliphatic rings. The van der Waals surface area contributed by atoms with E-state index in [-0.39, 0.29) is 12.1 Å². The Labute approximate surface area is 129 Å². The molecule has 4 rings (SSSR count). The third kappa shape index (κ3) is 2.24. The number of benzene rings is 2. The predicted octanol–water partition coefficient (Wildman–Crippen LogP) is 3.13. The van der Waals surface area contributed by atoms with Crippen LogP contribution in [0, 0.1) is 6.92 Å². The van der Waals surface area contributed by atoms with Gasteiger partial charge in [-0.1, -0.05) is 65.3 Å². The maximum absolute atomic E-state index is 4.16. The molecule has 1 aliphatic heterocycles. The highest BCUT2D eigenvalue weighted by molar-refractivity contribution is 5.37. The maximum Gasteiger partial charge on any atom is 0.243 e. The number of hydrogen-bond acceptors (Lipinski definition) is 4. The Morgan fingerprint density at radius 1 is 1.00 bits per heavy atom. The largest absolute Gasteiger partial charge is 0.346 e. The summed E-state index contributed by atoms with van der Waals surface area (Å²) in [4.78, 5) is 0. The van der Waals surface area contributed by atoms with E-state index in [1.165, 1.54) is 16.7 Å². The Balaban J connectivity index is 1.73. The van der Waals surface area contributed by atoms with Gasteiger partial charge in [0.1, 0.15) is 0 Å². The van der Waals surface area contributed by atoms with E-state index in [0.717, 1.165) is 12.4 Å². The molecule has 0 spiro atoms. The van der Waals surface area contributed by atoms with Crippen LogP contribution in [0.25, 0.3) is 0 Å². The molecular weight excluding hydrogens is 274 g/mol. The summed E-state index contributed by atoms with van der Waals surface area (Å²) in [6.45, 7) is 2.10. The zero-order chi connectivity index (χ0) is 14.9. The quantitative estimate of drug-likeness (QED) is 0.788. The van der Waals surface area contributed by atoms with Crippen LogP contribution in [0.15, 0.2) is 54.6 Å². The van der Waals surface area contributed by atoms with Crippen molar-refractivity contribution in [2.45, 2.75) is 25.4 Å². The number of hydrogen-bond donors (Lipinski definition) is 1. The number of aromatic nitrogens is 4. The molecule has 0 bridgehead atoms. The third-order valence-electron chi connectivity index (χ3n) is 4.21. The third-order valence-corrected chi connectivity index (χ3v) is 4.21. The van der Waals surface area contributed by atoms with Crippen LogP contribution in [0.1, 0.15) is 35.2 Å². The lowest BCUT2D eigenvalue weighted by atomic mass is 9.93. The molecule has 1 N–H and O–H groups in total. The SMILES string of the molecule is Cc1ccc([C@@H]2C[C@H](c3ccccc3)Nc3nnnn32)cc1. The highest BCUT2D eigenvalue weighted by atomic mass is 15.6. The average molecular weight is 291 g/mol. The monoisotopic (exact) mass is 291 g/mol. The average Bonchev–Trinajstić information content (AvgIpc) is 3.04. The fourth-order valence-corrected chi connectivity index (χ4v) is 3.01. The summed E-state index contributed by atoms with van der Waals surface area (Å²) in [5, 5.41) is 15.5. The molecule has 3 aromatic rings. The summed E-state index contributed by atoms with van der Waals surface area (Å²) in [6, 6.07) is 19.4. The van der Waals surface area contributed by atoms with Crippen molar-refractivity contribution in [3.8, 4) is 0 Å². The number of fused-ring (bicyclic) bond motifs is 1. The maximum atomic E-state index is 4.16. The van der Waals surface area contributed by atoms with Crippen LogP contribution < -0.4 is 5.32 Å². The molecule has 110 valence electrons. The van der Waals surface area contributed by atoms with Gasteiger partial charge in [-0.2, -0.15) is 0 Å². The lowest BCUT2D eigenvalue weighted by Gasteiger charge is -2.31. The van der Waals surface area contributed by atoms with Crippen LogP contribution in [-0.2, 0) is 0 Å². The van der Waals surface area contributed by atoms with Crippen LogP contribution >= 0.6 is 0 Å². The summed E-state index contributed by atoms with van der Waals surface area (Å²) in [5.41, 5.74) is 3.75. The number of rotatable bonds is 2. The second-order valence-electron chi connectivity index (χ2n) is 5.72. The molecule has 0 radical (unpaired) electrons. The second kappa shape index (κ2) is 5.26. The highest BCUT2D eigenvalue weighted by Crippen LogP contribution is 2.36. The van der Waals surface area contributed by atoms with Gasteiger partial charge in [0.25, 0.3) is 0 Å². The minimum Gasteiger partial charge on any atom is -0.346 e. The molecule has 2 atom stereocenters. The van der Waals surface area contributed by atoms with Crippen molar-refractivity contribution in [2.24, 2.45) is 0 Å². The summed E-state index contributed by atoms with van der Waals surface area (Å²) in [7, 11) is 0. The van der Waals surface area contributed by atoms with Gasteiger partial charge in [0.15, 0.2) is 0 Å². The van der Waals surface area contributed by atoms with E-state index < -0.39 is 0 Å². The molecule has 2 heterocycles. The van der Waals surface area contributed by atoms with Gasteiger partial charge in [0.2, 0.25) is 5.95 Å². The Morgan fingerprint density at radius 3 is 2.55 bits per heavy atom. The first-order valence-electron chi connectivity index (χ1n) is 7.47. The molecular formula is C17H17N5. The van der Waals surface area contributed by atoms with Gasteiger partial charge in [-0.05, 0) is 34.9 Å². The van der Waals surface area contributed by atoms with Gasteiger partial charge in [0.05, 0.1) is 12.1 Å². The fraction of sp³-hybridized carbons (Fsp3) is 0.235. The van der Waals surface area contributed by atoms with Crippen LogP contribution in [0.4, 0.5) is 5.95 Å². The standard InChI is InChI=1S/C17H17N5/c1-12-7-9-14(10-8-12)16-11-15(13-5-3-2-4-6-13)18-17-19-20-21-22(16)17/h2-10,15-16H,11H2,1H3,(H,18,19,21)/t15-,16+/m1/s1. The van der Waals surface area contributed by atoms with E-state index in [9.17, 15) is 0 Å². The molecule has 0 aliphatic carbocycles. The van der Waals surface area contributed by atoms with Crippen LogP contribution in [0.3, 0.4) is 0 Å². The van der Waals surface area contributed by atoms with E-state index in [4.69, 9.17) is 0 Å². The van der Waals surface area contributed by atoms with Crippen molar-refractivity contribution >= 4 is 5.95 Å². The first kappa shape index (κ1) is 13.0. The number of aryl methyl sites for hydroxylation is 1. The second-order valence-corrected chi connectivity index (χ2v) is 5.72. The Bertz CT molecular complexity index is 763. The van der Waals surface area contributed by atoms with Gasteiger partial charge >= 0.3 is 0 Å². The summed E-state index contributed by atoms with van der Waals surface area (Å²) < 4.78 is 1.88. The van der Waals surface area contributed by atoms with E-state index in [1.807, 2.05) is 10.7 Å². The molecule has 0 fully saturated rings. The van der Waals surface area contributed by atoms with Gasteiger partial charge in [-0.25, -0.2) is 4.68 Å². The Morgan fingerprint density at radius 2 is 1.77 bits per heavy atom. The smallest absolute Gasteiger partial charge is 0.243 e. The van der Waals surface area contributed by atoms with E-state index >= 15 is 0 Å². The normalized spacial score (nSPS) is 20.2. The van der Waals surface area contributed by atoms with Gasteiger partial charge in [-0.3, -0.25) is 0 Å². The van der Waals surface area contributed by atoms with Crippen molar-refractivity contribution in [1.82, 2.24) is 20.2 Å². The lowest BCUT2D eigenvalue weighted by Crippen LogP contribution is -2.28. The molecule has 22 heavy (non-hydrogen) atoms. The molecule has 0 unspecified atom stereocenters. The van der Waals surface area contributed by atoms with Crippen molar-refractivity contribution in [3.05, 3.63) is 71.3 Å². The summed E-state index contributed by atoms with van der Waals surface area (Å²) in [5.74, 6) is 0.727. The van der Waals surface area contributed by atoms with Gasteiger partial charge < -0.3 is 5.32 Å². The van der Waals surface area contributed by atoms with Crippen molar-refractivity contribution in [2.75, 3.05) is 5.32 Å².